The SMILES string of the molecule is CC(CN1CCN(c2ccccn2)CC1)NC(=O)c1n[nH]c2c1CCC2. The van der Waals surface area contributed by atoms with Crippen LogP contribution in [0.1, 0.15) is 35.1 Å². The van der Waals surface area contributed by atoms with E-state index in [2.05, 4.69) is 43.3 Å². The molecule has 0 spiro atoms. The standard InChI is InChI=1S/C19H26N6O/c1-14(21-19(26)18-15-5-4-6-16(15)22-23-18)13-24-9-11-25(12-10-24)17-7-2-3-8-20-17/h2-3,7-8,14H,4-6,9-13H2,1H3,(H,21,26)(H,22,23). The summed E-state index contributed by atoms with van der Waals surface area (Å²) >= 11 is 0. The average Bonchev–Trinajstić information content (AvgIpc) is 3.26. The molecule has 0 radical (unpaired) electrons. The van der Waals surface area contributed by atoms with Gasteiger partial charge >= 0.3 is 0 Å². The highest BCUT2D eigenvalue weighted by Gasteiger charge is 2.25. The van der Waals surface area contributed by atoms with Crippen molar-refractivity contribution in [3.05, 3.63) is 41.3 Å². The van der Waals surface area contributed by atoms with Gasteiger partial charge in [-0.25, -0.2) is 4.98 Å². The first-order valence-corrected chi connectivity index (χ1v) is 9.46. The zero-order valence-corrected chi connectivity index (χ0v) is 15.2. The van der Waals surface area contributed by atoms with E-state index in [1.165, 1.54) is 0 Å². The van der Waals surface area contributed by atoms with Gasteiger partial charge in [0.2, 0.25) is 0 Å². The lowest BCUT2D eigenvalue weighted by Crippen LogP contribution is -2.51. The summed E-state index contributed by atoms with van der Waals surface area (Å²) in [5.74, 6) is 0.991. The number of piperazine rings is 1. The topological polar surface area (TPSA) is 77.2 Å². The molecule has 2 aromatic rings. The summed E-state index contributed by atoms with van der Waals surface area (Å²) in [5.41, 5.74) is 2.83. The first-order valence-electron chi connectivity index (χ1n) is 9.46. The van der Waals surface area contributed by atoms with E-state index in [1.807, 2.05) is 18.3 Å². The van der Waals surface area contributed by atoms with Gasteiger partial charge in [-0.05, 0) is 38.3 Å². The summed E-state index contributed by atoms with van der Waals surface area (Å²) in [7, 11) is 0. The van der Waals surface area contributed by atoms with Gasteiger partial charge in [0, 0.05) is 56.2 Å². The van der Waals surface area contributed by atoms with Crippen LogP contribution in [-0.2, 0) is 12.8 Å². The van der Waals surface area contributed by atoms with E-state index in [-0.39, 0.29) is 11.9 Å². The number of aromatic amines is 1. The van der Waals surface area contributed by atoms with Gasteiger partial charge in [-0.15, -0.1) is 0 Å². The number of nitrogens with zero attached hydrogens (tertiary/aromatic N) is 4. The van der Waals surface area contributed by atoms with Gasteiger partial charge in [-0.1, -0.05) is 6.07 Å². The quantitative estimate of drug-likeness (QED) is 0.845. The van der Waals surface area contributed by atoms with Gasteiger partial charge < -0.3 is 10.2 Å². The van der Waals surface area contributed by atoms with E-state index in [1.54, 1.807) is 0 Å². The van der Waals surface area contributed by atoms with E-state index in [0.29, 0.717) is 5.69 Å². The normalized spacial score (nSPS) is 18.6. The molecule has 0 saturated carbocycles. The minimum atomic E-state index is -0.0518. The molecule has 2 aromatic heterocycles. The van der Waals surface area contributed by atoms with Crippen molar-refractivity contribution in [3.8, 4) is 0 Å². The number of fused-ring (bicyclic) bond motifs is 1. The highest BCUT2D eigenvalue weighted by molar-refractivity contribution is 5.94. The van der Waals surface area contributed by atoms with E-state index in [9.17, 15) is 4.79 Å². The highest BCUT2D eigenvalue weighted by atomic mass is 16.2. The van der Waals surface area contributed by atoms with Crippen LogP contribution in [0.2, 0.25) is 0 Å². The Morgan fingerprint density at radius 3 is 2.88 bits per heavy atom. The summed E-state index contributed by atoms with van der Waals surface area (Å²) in [6.45, 7) is 6.81. The Balaban J connectivity index is 1.26. The lowest BCUT2D eigenvalue weighted by atomic mass is 10.2. The zero-order chi connectivity index (χ0) is 17.9. The molecule has 2 N–H and O–H groups in total. The summed E-state index contributed by atoms with van der Waals surface area (Å²) in [5, 5.41) is 10.3. The van der Waals surface area contributed by atoms with Crippen molar-refractivity contribution in [3.63, 3.8) is 0 Å². The molecule has 4 rings (SSSR count). The van der Waals surface area contributed by atoms with Gasteiger partial charge in [0.25, 0.3) is 5.91 Å². The van der Waals surface area contributed by atoms with Gasteiger partial charge in [0.1, 0.15) is 5.82 Å². The second kappa shape index (κ2) is 7.45. The van der Waals surface area contributed by atoms with Crippen LogP contribution in [0.4, 0.5) is 5.82 Å². The van der Waals surface area contributed by atoms with Crippen molar-refractivity contribution in [2.75, 3.05) is 37.6 Å². The van der Waals surface area contributed by atoms with E-state index in [0.717, 1.165) is 69.1 Å². The Bertz CT molecular complexity index is 751. The molecule has 3 heterocycles. The molecular formula is C19H26N6O. The second-order valence-corrected chi connectivity index (χ2v) is 7.23. The fraction of sp³-hybridized carbons (Fsp3) is 0.526. The van der Waals surface area contributed by atoms with Crippen LogP contribution in [0.15, 0.2) is 24.4 Å². The van der Waals surface area contributed by atoms with E-state index in [4.69, 9.17) is 0 Å². The molecule has 1 atom stereocenters. The third-order valence-corrected chi connectivity index (χ3v) is 5.28. The molecule has 26 heavy (non-hydrogen) atoms. The van der Waals surface area contributed by atoms with E-state index >= 15 is 0 Å². The Labute approximate surface area is 153 Å². The lowest BCUT2D eigenvalue weighted by molar-refractivity contribution is 0.0922. The molecule has 7 nitrogen and oxygen atoms in total. The minimum Gasteiger partial charge on any atom is -0.354 e. The maximum atomic E-state index is 12.5. The third kappa shape index (κ3) is 3.58. The van der Waals surface area contributed by atoms with Crippen molar-refractivity contribution in [2.45, 2.75) is 32.2 Å². The number of anilines is 1. The summed E-state index contributed by atoms with van der Waals surface area (Å²) in [6, 6.07) is 6.12. The Hall–Kier alpha value is -2.41. The molecule has 2 aliphatic rings. The molecule has 1 aliphatic carbocycles. The fourth-order valence-electron chi connectivity index (χ4n) is 3.93. The van der Waals surface area contributed by atoms with E-state index < -0.39 is 0 Å². The summed E-state index contributed by atoms with van der Waals surface area (Å²) < 4.78 is 0. The number of aryl methyl sites for hydroxylation is 1. The lowest BCUT2D eigenvalue weighted by Gasteiger charge is -2.36. The molecule has 0 aromatic carbocycles. The first-order chi connectivity index (χ1) is 12.7. The molecule has 1 fully saturated rings. The van der Waals surface area contributed by atoms with Crippen molar-refractivity contribution in [1.29, 1.82) is 0 Å². The number of rotatable bonds is 5. The Morgan fingerprint density at radius 1 is 1.27 bits per heavy atom. The number of carbonyl (C=O) groups is 1. The summed E-state index contributed by atoms with van der Waals surface area (Å²) in [6.07, 6.45) is 4.91. The summed E-state index contributed by atoms with van der Waals surface area (Å²) in [4.78, 5) is 21.7. The van der Waals surface area contributed by atoms with Gasteiger partial charge in [-0.2, -0.15) is 5.10 Å². The van der Waals surface area contributed by atoms with Crippen molar-refractivity contribution in [1.82, 2.24) is 25.4 Å². The molecule has 0 bridgehead atoms. The minimum absolute atomic E-state index is 0.0518. The maximum absolute atomic E-state index is 12.5. The number of carbonyl (C=O) groups excluding carboxylic acids is 1. The van der Waals surface area contributed by atoms with Crippen molar-refractivity contribution < 1.29 is 4.79 Å². The van der Waals surface area contributed by atoms with Crippen molar-refractivity contribution >= 4 is 11.7 Å². The largest absolute Gasteiger partial charge is 0.354 e. The molecule has 1 amide bonds. The van der Waals surface area contributed by atoms with Gasteiger partial charge in [0.05, 0.1) is 0 Å². The fourth-order valence-corrected chi connectivity index (χ4v) is 3.93. The predicted molar refractivity (Wildman–Crippen MR) is 100 cm³/mol. The van der Waals surface area contributed by atoms with Gasteiger partial charge in [-0.3, -0.25) is 14.8 Å². The number of amides is 1. The molecule has 1 unspecified atom stereocenters. The van der Waals surface area contributed by atoms with Gasteiger partial charge in [0.15, 0.2) is 5.69 Å². The Kier molecular flexibility index (Phi) is 4.88. The smallest absolute Gasteiger partial charge is 0.272 e. The molecule has 7 heteroatoms. The van der Waals surface area contributed by atoms with Crippen LogP contribution >= 0.6 is 0 Å². The monoisotopic (exact) mass is 354 g/mol. The first kappa shape index (κ1) is 17.0. The molecular weight excluding hydrogens is 328 g/mol. The zero-order valence-electron chi connectivity index (χ0n) is 15.2. The van der Waals surface area contributed by atoms with Crippen LogP contribution < -0.4 is 10.2 Å². The molecule has 1 aliphatic heterocycles. The average molecular weight is 354 g/mol. The van der Waals surface area contributed by atoms with Crippen LogP contribution in [0.3, 0.4) is 0 Å². The van der Waals surface area contributed by atoms with Crippen LogP contribution in [0.5, 0.6) is 0 Å². The number of aromatic nitrogens is 3. The number of pyridine rings is 1. The molecule has 1 saturated heterocycles. The van der Waals surface area contributed by atoms with Crippen LogP contribution in [0, 0.1) is 0 Å². The predicted octanol–water partition coefficient (Wildman–Crippen LogP) is 1.23. The number of hydrogen-bond donors (Lipinski definition) is 2. The number of H-pyrrole nitrogens is 1. The van der Waals surface area contributed by atoms with Crippen LogP contribution in [0.25, 0.3) is 0 Å². The molecule has 138 valence electrons. The Morgan fingerprint density at radius 2 is 2.12 bits per heavy atom. The highest BCUT2D eigenvalue weighted by Crippen LogP contribution is 2.22. The second-order valence-electron chi connectivity index (χ2n) is 7.23. The van der Waals surface area contributed by atoms with Crippen molar-refractivity contribution in [2.24, 2.45) is 0 Å². The third-order valence-electron chi connectivity index (χ3n) is 5.28. The van der Waals surface area contributed by atoms with Crippen LogP contribution in [-0.4, -0.2) is 64.8 Å². The maximum Gasteiger partial charge on any atom is 0.272 e. The number of hydrogen-bond acceptors (Lipinski definition) is 5. The number of nitrogens with one attached hydrogen (secondary N) is 2.